The highest BCUT2D eigenvalue weighted by molar-refractivity contribution is 7.02. The van der Waals surface area contributed by atoms with E-state index in [4.69, 9.17) is 63.3 Å². The first kappa shape index (κ1) is 47.6. The third-order valence-electron chi connectivity index (χ3n) is 9.67. The van der Waals surface area contributed by atoms with Gasteiger partial charge in [0.1, 0.15) is 6.10 Å². The van der Waals surface area contributed by atoms with Gasteiger partial charge in [-0.3, -0.25) is 0 Å². The third-order valence-corrected chi connectivity index (χ3v) is 48.6. The van der Waals surface area contributed by atoms with Crippen LogP contribution in [0.2, 0.25) is 42.3 Å². The first-order chi connectivity index (χ1) is 26.5. The fourth-order valence-electron chi connectivity index (χ4n) is 8.40. The standard InChI is InChI=1S/C34H74O15Si8/c1-27(2)20-50-38-51(21-28(3)4)41-54(24-31(9)10)43-52(39-50,22-29(5)6)45-56(26-33(13)14)46-53(40-50,23-30(7)8)44-55(42-51,25-32(11)12)48-57(47-54,49-56)37-17-15-16-35-18-34-19-36-34/h27-34H,15-26H2,1-14H3/t34-,50?,51?,52?,53?,54?,55?,56?,57?/m0/s1. The van der Waals surface area contributed by atoms with Crippen LogP contribution in [0.15, 0.2) is 0 Å². The highest BCUT2D eigenvalue weighted by Crippen LogP contribution is 2.55. The summed E-state index contributed by atoms with van der Waals surface area (Å²) in [4.78, 5) is 0. The fraction of sp³-hybridized carbons (Fsp3) is 1.00. The Morgan fingerprint density at radius 2 is 0.632 bits per heavy atom. The predicted octanol–water partition coefficient (Wildman–Crippen LogP) is 7.68. The first-order valence-electron chi connectivity index (χ1n) is 21.7. The van der Waals surface area contributed by atoms with Gasteiger partial charge in [-0.2, -0.15) is 0 Å². The van der Waals surface area contributed by atoms with Crippen LogP contribution in [0.3, 0.4) is 0 Å². The van der Waals surface area contributed by atoms with Gasteiger partial charge in [0.15, 0.2) is 0 Å². The SMILES string of the molecule is CC(C)C[Si]12O[Si]3(CC(C)C)O[Si]4(CC(C)C)O[Si](CC(C)C)(O1)O[Si]1(CC(C)C)O[Si](CC(C)C)(O2)O[Si](CC(C)C)(O3)O[Si](OCCCOC[C@H]2CO2)(O4)O1. The van der Waals surface area contributed by atoms with Crippen molar-refractivity contribution in [3.63, 3.8) is 0 Å². The molecule has 7 aliphatic heterocycles. The second kappa shape index (κ2) is 18.0. The zero-order valence-electron chi connectivity index (χ0n) is 37.2. The van der Waals surface area contributed by atoms with Gasteiger partial charge in [0.25, 0.3) is 0 Å². The second-order valence-electron chi connectivity index (χ2n) is 19.9. The summed E-state index contributed by atoms with van der Waals surface area (Å²) in [5.74, 6) is 0.621. The molecule has 7 fully saturated rings. The normalized spacial score (nSPS) is 41.5. The average molecular weight is 948 g/mol. The van der Waals surface area contributed by atoms with E-state index in [0.29, 0.717) is 61.9 Å². The first-order valence-corrected chi connectivity index (χ1v) is 36.9. The molecule has 0 radical (unpaired) electrons. The maximum atomic E-state index is 7.75. The average Bonchev–Trinajstić information content (AvgIpc) is 3.76. The molecule has 23 heteroatoms. The van der Waals surface area contributed by atoms with Crippen LogP contribution in [-0.2, 0) is 63.3 Å². The quantitative estimate of drug-likeness (QED) is 0.0631. The van der Waals surface area contributed by atoms with Crippen molar-refractivity contribution in [1.82, 2.24) is 0 Å². The van der Waals surface area contributed by atoms with Crippen LogP contribution in [-0.4, -0.2) is 103 Å². The van der Waals surface area contributed by atoms with Crippen LogP contribution in [0.1, 0.15) is 103 Å². The molecule has 7 heterocycles. The van der Waals surface area contributed by atoms with Gasteiger partial charge in [0, 0.05) is 55.5 Å². The van der Waals surface area contributed by atoms with Gasteiger partial charge < -0.3 is 63.3 Å². The molecule has 0 saturated carbocycles. The number of hydrogen-bond donors (Lipinski definition) is 0. The summed E-state index contributed by atoms with van der Waals surface area (Å²) in [6.07, 6.45) is 0.725. The van der Waals surface area contributed by atoms with Crippen molar-refractivity contribution in [1.29, 1.82) is 0 Å². The van der Waals surface area contributed by atoms with E-state index < -0.39 is 70.7 Å². The van der Waals surface area contributed by atoms with E-state index in [1.807, 2.05) is 0 Å². The lowest BCUT2D eigenvalue weighted by Crippen LogP contribution is -2.89. The topological polar surface area (TPSA) is 142 Å². The number of hydrogen-bond acceptors (Lipinski definition) is 15. The van der Waals surface area contributed by atoms with E-state index in [2.05, 4.69) is 96.9 Å². The molecule has 0 aliphatic carbocycles. The van der Waals surface area contributed by atoms with Gasteiger partial charge in [0.05, 0.1) is 13.2 Å². The molecule has 0 unspecified atom stereocenters. The van der Waals surface area contributed by atoms with Gasteiger partial charge in [-0.1, -0.05) is 96.9 Å². The summed E-state index contributed by atoms with van der Waals surface area (Å²) in [7, 11) is -32.3. The fourth-order valence-corrected chi connectivity index (χ4v) is 58.1. The van der Waals surface area contributed by atoms with Gasteiger partial charge in [-0.05, 0) is 47.8 Å². The summed E-state index contributed by atoms with van der Waals surface area (Å²) >= 11 is 0. The van der Waals surface area contributed by atoms with E-state index in [-0.39, 0.29) is 54.1 Å². The van der Waals surface area contributed by atoms with E-state index in [1.54, 1.807) is 0 Å². The Morgan fingerprint density at radius 3 is 0.860 bits per heavy atom. The minimum atomic E-state index is -4.44. The lowest BCUT2D eigenvalue weighted by molar-refractivity contribution is -0.0630. The number of ether oxygens (including phenoxy) is 2. The van der Waals surface area contributed by atoms with Crippen LogP contribution < -0.4 is 0 Å². The molecule has 15 nitrogen and oxygen atoms in total. The van der Waals surface area contributed by atoms with Crippen LogP contribution >= 0.6 is 0 Å². The maximum absolute atomic E-state index is 7.75. The lowest BCUT2D eigenvalue weighted by atomic mass is 10.3. The molecule has 0 N–H and O–H groups in total. The molecule has 0 amide bonds. The molecule has 0 aromatic rings. The van der Waals surface area contributed by atoms with E-state index in [0.717, 1.165) is 6.61 Å². The largest absolute Gasteiger partial charge is 0.657 e. The Hall–Kier alpha value is 1.14. The minimum absolute atomic E-state index is 0.0693. The van der Waals surface area contributed by atoms with Crippen molar-refractivity contribution in [2.75, 3.05) is 26.4 Å². The van der Waals surface area contributed by atoms with E-state index in [1.165, 1.54) is 0 Å². The van der Waals surface area contributed by atoms with Gasteiger partial charge in [-0.15, -0.1) is 0 Å². The Kier molecular flexibility index (Phi) is 15.0. The Morgan fingerprint density at radius 1 is 0.386 bits per heavy atom. The molecular weight excluding hydrogens is 873 g/mol. The Bertz CT molecular complexity index is 1210. The maximum Gasteiger partial charge on any atom is 0.657 e. The zero-order valence-corrected chi connectivity index (χ0v) is 45.2. The van der Waals surface area contributed by atoms with Crippen LogP contribution in [0, 0.1) is 41.4 Å². The van der Waals surface area contributed by atoms with Crippen molar-refractivity contribution in [3.05, 3.63) is 0 Å². The van der Waals surface area contributed by atoms with Gasteiger partial charge in [-0.25, -0.2) is 0 Å². The highest BCUT2D eigenvalue weighted by Gasteiger charge is 2.84. The zero-order chi connectivity index (χ0) is 41.7. The van der Waals surface area contributed by atoms with Gasteiger partial charge >= 0.3 is 70.7 Å². The summed E-state index contributed by atoms with van der Waals surface area (Å²) in [5, 5.41) is 0. The molecule has 7 aliphatic rings. The third kappa shape index (κ3) is 11.8. The van der Waals surface area contributed by atoms with Crippen LogP contribution in [0.5, 0.6) is 0 Å². The predicted molar refractivity (Wildman–Crippen MR) is 228 cm³/mol. The molecule has 0 aromatic heterocycles. The molecular formula is C34H74O15Si8. The minimum Gasteiger partial charge on any atom is -0.379 e. The lowest BCUT2D eigenvalue weighted by Gasteiger charge is -2.63. The van der Waals surface area contributed by atoms with Crippen LogP contribution in [0.4, 0.5) is 0 Å². The number of epoxide rings is 1. The number of rotatable bonds is 21. The van der Waals surface area contributed by atoms with Crippen molar-refractivity contribution >= 4 is 70.7 Å². The van der Waals surface area contributed by atoms with Crippen molar-refractivity contribution in [2.24, 2.45) is 41.4 Å². The monoisotopic (exact) mass is 946 g/mol. The molecule has 7 saturated heterocycles. The van der Waals surface area contributed by atoms with E-state index in [9.17, 15) is 0 Å². The van der Waals surface area contributed by atoms with Crippen LogP contribution in [0.25, 0.3) is 0 Å². The molecule has 7 rings (SSSR count). The summed E-state index contributed by atoms with van der Waals surface area (Å²) in [6, 6.07) is 3.06. The molecule has 8 bridgehead atoms. The Labute approximate surface area is 352 Å². The summed E-state index contributed by atoms with van der Waals surface area (Å²) in [5.41, 5.74) is 0. The molecule has 0 aromatic carbocycles. The summed E-state index contributed by atoms with van der Waals surface area (Å²) < 4.78 is 111. The van der Waals surface area contributed by atoms with Crippen molar-refractivity contribution in [3.8, 4) is 0 Å². The molecule has 332 valence electrons. The van der Waals surface area contributed by atoms with Crippen molar-refractivity contribution < 1.29 is 63.3 Å². The molecule has 1 atom stereocenters. The summed E-state index contributed by atoms with van der Waals surface area (Å²) in [6.45, 7) is 32.0. The van der Waals surface area contributed by atoms with E-state index >= 15 is 0 Å². The molecule has 57 heavy (non-hydrogen) atoms. The second-order valence-corrected chi connectivity index (χ2v) is 43.4. The van der Waals surface area contributed by atoms with Gasteiger partial charge in [0.2, 0.25) is 0 Å². The Balaban J connectivity index is 1.65. The highest BCUT2D eigenvalue weighted by atomic mass is 28.6. The molecule has 0 spiro atoms. The smallest absolute Gasteiger partial charge is 0.379 e. The van der Waals surface area contributed by atoms with Crippen molar-refractivity contribution in [2.45, 2.75) is 152 Å².